The maximum atomic E-state index is 11.6. The lowest BCUT2D eigenvalue weighted by Crippen LogP contribution is -2.53. The molecule has 0 amide bonds. The van der Waals surface area contributed by atoms with Gasteiger partial charge in [-0.05, 0) is 32.1 Å². The Morgan fingerprint density at radius 1 is 1.39 bits per heavy atom. The van der Waals surface area contributed by atoms with Crippen LogP contribution in [0.15, 0.2) is 0 Å². The lowest BCUT2D eigenvalue weighted by molar-refractivity contribution is -0.153. The largest absolute Gasteiger partial charge is 0.481 e. The first-order chi connectivity index (χ1) is 8.63. The predicted octanol–water partition coefficient (Wildman–Crippen LogP) is 2.13. The van der Waals surface area contributed by atoms with E-state index in [-0.39, 0.29) is 0 Å². The first kappa shape index (κ1) is 13.8. The molecule has 0 bridgehead atoms. The van der Waals surface area contributed by atoms with Crippen molar-refractivity contribution in [2.45, 2.75) is 58.1 Å². The van der Waals surface area contributed by atoms with Crippen LogP contribution in [-0.4, -0.2) is 47.8 Å². The normalized spacial score (nSPS) is 29.2. The molecule has 18 heavy (non-hydrogen) atoms. The van der Waals surface area contributed by atoms with Gasteiger partial charge >= 0.3 is 5.97 Å². The van der Waals surface area contributed by atoms with Crippen molar-refractivity contribution in [1.29, 1.82) is 0 Å². The second-order valence-electron chi connectivity index (χ2n) is 5.67. The number of morpholine rings is 1. The molecule has 0 aromatic rings. The van der Waals surface area contributed by atoms with Gasteiger partial charge in [0.1, 0.15) is 0 Å². The van der Waals surface area contributed by atoms with Crippen LogP contribution in [0.25, 0.3) is 0 Å². The fraction of sp³-hybridized carbons (Fsp3) is 0.929. The number of carbonyl (C=O) groups is 1. The summed E-state index contributed by atoms with van der Waals surface area (Å²) in [5.74, 6) is -0.645. The second-order valence-corrected chi connectivity index (χ2v) is 5.67. The van der Waals surface area contributed by atoms with Crippen LogP contribution in [-0.2, 0) is 9.53 Å². The summed E-state index contributed by atoms with van der Waals surface area (Å²) in [6, 6.07) is 0.454. The van der Waals surface area contributed by atoms with Gasteiger partial charge in [-0.2, -0.15) is 0 Å². The summed E-state index contributed by atoms with van der Waals surface area (Å²) in [5, 5.41) is 9.54. The molecule has 1 aliphatic heterocycles. The van der Waals surface area contributed by atoms with E-state index in [4.69, 9.17) is 4.74 Å². The van der Waals surface area contributed by atoms with Gasteiger partial charge in [0.25, 0.3) is 0 Å². The molecule has 2 aliphatic rings. The number of carboxylic acids is 1. The van der Waals surface area contributed by atoms with Gasteiger partial charge in [0.2, 0.25) is 0 Å². The molecule has 2 rings (SSSR count). The molecule has 0 radical (unpaired) electrons. The summed E-state index contributed by atoms with van der Waals surface area (Å²) in [7, 11) is 0. The number of hydrogen-bond acceptors (Lipinski definition) is 3. The van der Waals surface area contributed by atoms with Gasteiger partial charge in [-0.1, -0.05) is 13.8 Å². The molecule has 1 aliphatic carbocycles. The van der Waals surface area contributed by atoms with E-state index in [0.717, 1.165) is 26.0 Å². The lowest BCUT2D eigenvalue weighted by atomic mass is 9.81. The fourth-order valence-corrected chi connectivity index (χ4v) is 3.43. The van der Waals surface area contributed by atoms with Crippen LogP contribution in [0, 0.1) is 5.41 Å². The summed E-state index contributed by atoms with van der Waals surface area (Å²) in [6.45, 7) is 6.30. The molecule has 0 spiro atoms. The molecule has 1 N–H and O–H groups in total. The van der Waals surface area contributed by atoms with E-state index >= 15 is 0 Å². The summed E-state index contributed by atoms with van der Waals surface area (Å²) < 4.78 is 5.79. The zero-order chi connectivity index (χ0) is 13.2. The van der Waals surface area contributed by atoms with Gasteiger partial charge in [-0.3, -0.25) is 9.69 Å². The molecular formula is C14H25NO3. The van der Waals surface area contributed by atoms with E-state index in [1.54, 1.807) is 0 Å². The number of ether oxygens (including phenoxy) is 1. The molecule has 0 aromatic carbocycles. The summed E-state index contributed by atoms with van der Waals surface area (Å²) in [5.41, 5.74) is -0.579. The first-order valence-corrected chi connectivity index (χ1v) is 7.22. The highest BCUT2D eigenvalue weighted by molar-refractivity contribution is 5.74. The Morgan fingerprint density at radius 3 is 2.72 bits per heavy atom. The van der Waals surface area contributed by atoms with E-state index in [9.17, 15) is 9.90 Å². The Labute approximate surface area is 109 Å². The van der Waals surface area contributed by atoms with Crippen molar-refractivity contribution in [3.05, 3.63) is 0 Å². The molecule has 1 saturated carbocycles. The first-order valence-electron chi connectivity index (χ1n) is 7.22. The molecule has 2 fully saturated rings. The van der Waals surface area contributed by atoms with Crippen LogP contribution < -0.4 is 0 Å². The number of rotatable bonds is 5. The van der Waals surface area contributed by atoms with Crippen molar-refractivity contribution in [3.8, 4) is 0 Å². The Bertz CT molecular complexity index is 301. The van der Waals surface area contributed by atoms with Crippen molar-refractivity contribution in [1.82, 2.24) is 4.90 Å². The number of carboxylic acid groups (broad SMARTS) is 1. The molecule has 0 aromatic heterocycles. The third-order valence-corrected chi connectivity index (χ3v) is 4.91. The third kappa shape index (κ3) is 2.41. The Kier molecular flexibility index (Phi) is 4.28. The highest BCUT2D eigenvalue weighted by atomic mass is 16.5. The zero-order valence-electron chi connectivity index (χ0n) is 11.5. The van der Waals surface area contributed by atoms with Crippen LogP contribution in [0.1, 0.15) is 46.0 Å². The Hall–Kier alpha value is -0.610. The highest BCUT2D eigenvalue weighted by Gasteiger charge is 2.42. The second kappa shape index (κ2) is 5.57. The standard InChI is InChI=1S/C14H25NO3/c1-3-14(4-2,13(16)17)10-15-8-9-18-12-7-5-6-11(12)15/h11-12H,3-10H2,1-2H3,(H,16,17). The van der Waals surface area contributed by atoms with Gasteiger partial charge in [0.05, 0.1) is 18.1 Å². The van der Waals surface area contributed by atoms with E-state index in [1.165, 1.54) is 6.42 Å². The fourth-order valence-electron chi connectivity index (χ4n) is 3.43. The van der Waals surface area contributed by atoms with Crippen molar-refractivity contribution < 1.29 is 14.6 Å². The molecule has 4 heteroatoms. The van der Waals surface area contributed by atoms with Crippen LogP contribution in [0.3, 0.4) is 0 Å². The van der Waals surface area contributed by atoms with E-state index in [1.807, 2.05) is 13.8 Å². The molecule has 104 valence electrons. The van der Waals surface area contributed by atoms with Crippen LogP contribution >= 0.6 is 0 Å². The number of nitrogens with zero attached hydrogens (tertiary/aromatic N) is 1. The highest BCUT2D eigenvalue weighted by Crippen LogP contribution is 2.34. The predicted molar refractivity (Wildman–Crippen MR) is 69.6 cm³/mol. The summed E-state index contributed by atoms with van der Waals surface area (Å²) >= 11 is 0. The molecule has 4 nitrogen and oxygen atoms in total. The minimum absolute atomic E-state index is 0.346. The van der Waals surface area contributed by atoms with Crippen molar-refractivity contribution in [2.75, 3.05) is 19.7 Å². The Morgan fingerprint density at radius 2 is 2.11 bits per heavy atom. The minimum atomic E-state index is -0.645. The number of hydrogen-bond donors (Lipinski definition) is 1. The average molecular weight is 255 g/mol. The maximum Gasteiger partial charge on any atom is 0.310 e. The van der Waals surface area contributed by atoms with Gasteiger partial charge < -0.3 is 9.84 Å². The van der Waals surface area contributed by atoms with Gasteiger partial charge in [0, 0.05) is 19.1 Å². The van der Waals surface area contributed by atoms with E-state index in [0.29, 0.717) is 31.5 Å². The van der Waals surface area contributed by atoms with Gasteiger partial charge in [-0.15, -0.1) is 0 Å². The van der Waals surface area contributed by atoms with Gasteiger partial charge in [0.15, 0.2) is 0 Å². The van der Waals surface area contributed by atoms with E-state index < -0.39 is 11.4 Å². The van der Waals surface area contributed by atoms with Crippen LogP contribution in [0.5, 0.6) is 0 Å². The number of aliphatic carboxylic acids is 1. The lowest BCUT2D eigenvalue weighted by Gasteiger charge is -2.42. The molecule has 1 heterocycles. The topological polar surface area (TPSA) is 49.8 Å². The number of fused-ring (bicyclic) bond motifs is 1. The van der Waals surface area contributed by atoms with Crippen molar-refractivity contribution in [3.63, 3.8) is 0 Å². The minimum Gasteiger partial charge on any atom is -0.481 e. The third-order valence-electron chi connectivity index (χ3n) is 4.91. The van der Waals surface area contributed by atoms with Gasteiger partial charge in [-0.25, -0.2) is 0 Å². The van der Waals surface area contributed by atoms with E-state index in [2.05, 4.69) is 4.90 Å². The smallest absolute Gasteiger partial charge is 0.310 e. The monoisotopic (exact) mass is 255 g/mol. The molecular weight excluding hydrogens is 230 g/mol. The average Bonchev–Trinajstić information content (AvgIpc) is 2.84. The SMILES string of the molecule is CCC(CC)(CN1CCOC2CCCC21)C(=O)O. The summed E-state index contributed by atoms with van der Waals surface area (Å²) in [6.07, 6.45) is 5.26. The maximum absolute atomic E-state index is 11.6. The van der Waals surface area contributed by atoms with Crippen LogP contribution in [0.2, 0.25) is 0 Å². The van der Waals surface area contributed by atoms with Crippen molar-refractivity contribution >= 4 is 5.97 Å². The molecule has 2 unspecified atom stereocenters. The molecule has 1 saturated heterocycles. The Balaban J connectivity index is 2.08. The van der Waals surface area contributed by atoms with Crippen molar-refractivity contribution in [2.24, 2.45) is 5.41 Å². The quantitative estimate of drug-likeness (QED) is 0.817. The van der Waals surface area contributed by atoms with Crippen LogP contribution in [0.4, 0.5) is 0 Å². The molecule has 2 atom stereocenters. The summed E-state index contributed by atoms with van der Waals surface area (Å²) in [4.78, 5) is 14.0. The zero-order valence-corrected chi connectivity index (χ0v) is 11.5.